The molecule has 0 bridgehead atoms. The van der Waals surface area contributed by atoms with Gasteiger partial charge in [-0.25, -0.2) is 9.78 Å². The van der Waals surface area contributed by atoms with Crippen molar-refractivity contribution in [2.75, 3.05) is 31.1 Å². The predicted molar refractivity (Wildman–Crippen MR) is 140 cm³/mol. The molecule has 4 amide bonds. The van der Waals surface area contributed by atoms with Gasteiger partial charge in [-0.1, -0.05) is 11.3 Å². The fourth-order valence-corrected chi connectivity index (χ4v) is 5.78. The summed E-state index contributed by atoms with van der Waals surface area (Å²) in [6, 6.07) is 9.21. The maximum Gasteiger partial charge on any atom is 0.333 e. The van der Waals surface area contributed by atoms with Gasteiger partial charge in [-0.05, 0) is 64.1 Å². The van der Waals surface area contributed by atoms with E-state index in [-0.39, 0.29) is 18.7 Å². The summed E-state index contributed by atoms with van der Waals surface area (Å²) in [5.74, 6) is -1.14. The smallest absolute Gasteiger partial charge is 0.333 e. The minimum atomic E-state index is -0.575. The van der Waals surface area contributed by atoms with Gasteiger partial charge in [0, 0.05) is 36.7 Å². The third kappa shape index (κ3) is 4.87. The molecule has 1 fully saturated rings. The highest BCUT2D eigenvalue weighted by Gasteiger charge is 2.40. The molecule has 9 nitrogen and oxygen atoms in total. The molecule has 2 aromatic heterocycles. The van der Waals surface area contributed by atoms with Crippen molar-refractivity contribution in [2.24, 2.45) is 10.2 Å². The molecule has 0 aliphatic carbocycles. The van der Waals surface area contributed by atoms with Crippen molar-refractivity contribution >= 4 is 72.6 Å². The zero-order valence-electron chi connectivity index (χ0n) is 20.0. The molecule has 4 rings (SSSR count). The van der Waals surface area contributed by atoms with Crippen LogP contribution in [0.1, 0.15) is 32.6 Å². The van der Waals surface area contributed by atoms with E-state index in [1.54, 1.807) is 19.9 Å². The van der Waals surface area contributed by atoms with E-state index in [1.807, 2.05) is 30.3 Å². The number of thiazole rings is 1. The lowest BCUT2D eigenvalue weighted by Gasteiger charge is -2.32. The summed E-state index contributed by atoms with van der Waals surface area (Å²) in [5.41, 5.74) is 1.87. The molecule has 182 valence electrons. The monoisotopic (exact) mass is 510 g/mol. The first-order chi connectivity index (χ1) is 16.9. The Labute approximate surface area is 211 Å². The number of urea groups is 1. The predicted octanol–water partition coefficient (Wildman–Crippen LogP) is 5.83. The number of hydrogen-bond donors (Lipinski definition) is 0. The first kappa shape index (κ1) is 24.7. The van der Waals surface area contributed by atoms with Gasteiger partial charge in [0.1, 0.15) is 10.4 Å². The normalized spacial score (nSPS) is 14.6. The number of carbonyl (C=O) groups is 3. The van der Waals surface area contributed by atoms with Gasteiger partial charge < -0.3 is 4.90 Å². The average Bonchev–Trinajstić information content (AvgIpc) is 3.41. The minimum absolute atomic E-state index is 0.0183. The number of benzene rings is 1. The number of thiophene rings is 1. The van der Waals surface area contributed by atoms with Crippen LogP contribution < -0.4 is 4.90 Å². The number of hydrogen-bond acceptors (Lipinski definition) is 9. The molecule has 1 aromatic carbocycles. The first-order valence-corrected chi connectivity index (χ1v) is 13.1. The van der Waals surface area contributed by atoms with Crippen LogP contribution in [0.25, 0.3) is 15.6 Å². The van der Waals surface area contributed by atoms with Gasteiger partial charge in [-0.15, -0.1) is 21.6 Å². The number of azo groups is 1. The van der Waals surface area contributed by atoms with Crippen molar-refractivity contribution in [1.82, 2.24) is 14.8 Å². The molecule has 3 heterocycles. The van der Waals surface area contributed by atoms with Gasteiger partial charge in [0.25, 0.3) is 11.8 Å². The molecule has 0 saturated carbocycles. The van der Waals surface area contributed by atoms with Crippen molar-refractivity contribution in [2.45, 2.75) is 27.7 Å². The number of aromatic nitrogens is 1. The summed E-state index contributed by atoms with van der Waals surface area (Å²) in [4.78, 5) is 48.2. The molecule has 1 aliphatic heterocycles. The first-order valence-electron chi connectivity index (χ1n) is 11.5. The van der Waals surface area contributed by atoms with Gasteiger partial charge in [-0.3, -0.25) is 19.4 Å². The van der Waals surface area contributed by atoms with Crippen molar-refractivity contribution in [3.05, 3.63) is 40.8 Å². The molecule has 0 atom stereocenters. The summed E-state index contributed by atoms with van der Waals surface area (Å²) in [6.45, 7) is 9.95. The fourth-order valence-electron chi connectivity index (χ4n) is 3.80. The number of rotatable bonds is 8. The van der Waals surface area contributed by atoms with Crippen LogP contribution in [-0.4, -0.2) is 58.8 Å². The molecular formula is C24H26N6O3S2. The second-order valence-corrected chi connectivity index (χ2v) is 9.71. The molecule has 35 heavy (non-hydrogen) atoms. The van der Waals surface area contributed by atoms with Gasteiger partial charge in [0.15, 0.2) is 0 Å². The number of imide groups is 2. The zero-order chi connectivity index (χ0) is 25.1. The second kappa shape index (κ2) is 10.4. The van der Waals surface area contributed by atoms with E-state index in [1.165, 1.54) is 22.7 Å². The van der Waals surface area contributed by atoms with Crippen LogP contribution in [0.15, 0.2) is 46.1 Å². The zero-order valence-corrected chi connectivity index (χ0v) is 21.7. The molecular weight excluding hydrogens is 484 g/mol. The van der Waals surface area contributed by atoms with Crippen molar-refractivity contribution in [3.8, 4) is 0 Å². The molecule has 11 heteroatoms. The number of likely N-dealkylation sites (N-methyl/N-ethyl adjacent to an activating group) is 2. The average molecular weight is 511 g/mol. The van der Waals surface area contributed by atoms with Crippen molar-refractivity contribution < 1.29 is 14.4 Å². The van der Waals surface area contributed by atoms with E-state index in [4.69, 9.17) is 0 Å². The Balaban J connectivity index is 1.53. The molecule has 0 N–H and O–H groups in total. The SMILES string of the molecule is CCN1C(=O)C(=Cc2cc3sc(/N=N/c4ccc(N(CC)CC)cc4)nc3s2)C(=O)N(CC)C1=O. The van der Waals surface area contributed by atoms with E-state index in [0.717, 1.165) is 43.8 Å². The summed E-state index contributed by atoms with van der Waals surface area (Å²) >= 11 is 2.74. The summed E-state index contributed by atoms with van der Waals surface area (Å²) in [5, 5.41) is 9.10. The third-order valence-electron chi connectivity index (χ3n) is 5.66. The van der Waals surface area contributed by atoms with Crippen LogP contribution in [0.4, 0.5) is 21.3 Å². The summed E-state index contributed by atoms with van der Waals surface area (Å²) < 4.78 is 0.888. The third-order valence-corrected chi connectivity index (χ3v) is 7.65. The molecule has 0 spiro atoms. The minimum Gasteiger partial charge on any atom is -0.372 e. The number of nitrogens with zero attached hydrogens (tertiary/aromatic N) is 6. The topological polar surface area (TPSA) is 98.5 Å². The Hall–Kier alpha value is -3.44. The van der Waals surface area contributed by atoms with Crippen molar-refractivity contribution in [1.29, 1.82) is 0 Å². The van der Waals surface area contributed by atoms with Crippen LogP contribution in [0.5, 0.6) is 0 Å². The lowest BCUT2D eigenvalue weighted by molar-refractivity contribution is -0.135. The molecule has 3 aromatic rings. The quantitative estimate of drug-likeness (QED) is 0.216. The highest BCUT2D eigenvalue weighted by Crippen LogP contribution is 2.36. The molecule has 1 saturated heterocycles. The van der Waals surface area contributed by atoms with E-state index < -0.39 is 17.8 Å². The number of anilines is 1. The number of fused-ring (bicyclic) bond motifs is 1. The van der Waals surface area contributed by atoms with Gasteiger partial charge >= 0.3 is 6.03 Å². The Morgan fingerprint density at radius 1 is 0.914 bits per heavy atom. The number of amides is 4. The van der Waals surface area contributed by atoms with Crippen LogP contribution in [0.2, 0.25) is 0 Å². The lowest BCUT2D eigenvalue weighted by atomic mass is 10.1. The maximum absolute atomic E-state index is 12.7. The van der Waals surface area contributed by atoms with E-state index in [2.05, 4.69) is 34.0 Å². The largest absolute Gasteiger partial charge is 0.372 e. The van der Waals surface area contributed by atoms with Crippen LogP contribution >= 0.6 is 22.7 Å². The molecule has 1 aliphatic rings. The maximum atomic E-state index is 12.7. The summed E-state index contributed by atoms with van der Waals surface area (Å²) in [7, 11) is 0. The van der Waals surface area contributed by atoms with E-state index in [9.17, 15) is 14.4 Å². The number of barbiturate groups is 1. The van der Waals surface area contributed by atoms with Gasteiger partial charge in [-0.2, -0.15) is 0 Å². The highest BCUT2D eigenvalue weighted by molar-refractivity contribution is 7.29. The van der Waals surface area contributed by atoms with Gasteiger partial charge in [0.05, 0.1) is 10.4 Å². The second-order valence-electron chi connectivity index (χ2n) is 7.64. The van der Waals surface area contributed by atoms with Crippen molar-refractivity contribution in [3.63, 3.8) is 0 Å². The van der Waals surface area contributed by atoms with E-state index in [0.29, 0.717) is 10.0 Å². The van der Waals surface area contributed by atoms with Crippen LogP contribution in [0, 0.1) is 0 Å². The Morgan fingerprint density at radius 3 is 2.09 bits per heavy atom. The number of carbonyl (C=O) groups excluding carboxylic acids is 3. The van der Waals surface area contributed by atoms with E-state index >= 15 is 0 Å². The lowest BCUT2D eigenvalue weighted by Crippen LogP contribution is -2.56. The fraction of sp³-hybridized carbons (Fsp3) is 0.333. The Kier molecular flexibility index (Phi) is 7.37. The Morgan fingerprint density at radius 2 is 1.54 bits per heavy atom. The summed E-state index contributed by atoms with van der Waals surface area (Å²) in [6.07, 6.45) is 1.54. The van der Waals surface area contributed by atoms with Crippen LogP contribution in [-0.2, 0) is 9.59 Å². The van der Waals surface area contributed by atoms with Gasteiger partial charge in [0.2, 0.25) is 5.13 Å². The molecule has 0 unspecified atom stereocenters. The standard InChI is InChI=1S/C24H26N6O3S2/c1-5-28(6-2)16-11-9-15(10-12-16)26-27-23-25-20-19(35-23)14-17(34-20)13-18-21(31)29(7-3)24(33)30(8-4)22(18)32/h9-14H,5-8H2,1-4H3/b27-26+. The molecule has 0 radical (unpaired) electrons. The Bertz CT molecular complexity index is 1260. The van der Waals surface area contributed by atoms with Crippen LogP contribution in [0.3, 0.4) is 0 Å². The highest BCUT2D eigenvalue weighted by atomic mass is 32.1.